The van der Waals surface area contributed by atoms with Crippen LogP contribution in [-0.2, 0) is 18.4 Å². The van der Waals surface area contributed by atoms with Gasteiger partial charge in [0.25, 0.3) is 7.82 Å². The number of rotatable bonds is 51. The summed E-state index contributed by atoms with van der Waals surface area (Å²) in [7, 11) is 1.19. The van der Waals surface area contributed by atoms with E-state index in [0.717, 1.165) is 57.8 Å². The van der Waals surface area contributed by atoms with E-state index in [1.54, 1.807) is 6.08 Å². The number of quaternary nitrogens is 1. The van der Waals surface area contributed by atoms with Gasteiger partial charge in [0.2, 0.25) is 5.91 Å². The van der Waals surface area contributed by atoms with Crippen molar-refractivity contribution >= 4 is 13.7 Å². The number of hydrogen-bond acceptors (Lipinski definition) is 6. The Bertz CT molecular complexity index is 1460. The smallest absolute Gasteiger partial charge is 0.268 e. The van der Waals surface area contributed by atoms with E-state index in [1.165, 1.54) is 148 Å². The number of phosphoric acid groups is 1. The number of phosphoric ester groups is 1. The highest BCUT2D eigenvalue weighted by Gasteiger charge is 2.23. The molecular formula is C61H109N2O6P. The number of likely N-dealkylation sites (N-methyl/N-ethyl adjacent to an activating group) is 1. The molecule has 0 rings (SSSR count). The minimum atomic E-state index is -4.63. The van der Waals surface area contributed by atoms with Crippen molar-refractivity contribution in [2.24, 2.45) is 0 Å². The summed E-state index contributed by atoms with van der Waals surface area (Å²) in [5, 5.41) is 13.8. The lowest BCUT2D eigenvalue weighted by molar-refractivity contribution is -0.870. The zero-order valence-corrected chi connectivity index (χ0v) is 46.8. The number of hydrogen-bond donors (Lipinski definition) is 2. The van der Waals surface area contributed by atoms with Crippen LogP contribution in [0.15, 0.2) is 97.2 Å². The van der Waals surface area contributed by atoms with Gasteiger partial charge in [-0.15, -0.1) is 0 Å². The van der Waals surface area contributed by atoms with E-state index < -0.39 is 26.6 Å². The molecule has 0 aliphatic rings. The lowest BCUT2D eigenvalue weighted by Crippen LogP contribution is -2.45. The topological polar surface area (TPSA) is 108 Å². The van der Waals surface area contributed by atoms with E-state index in [2.05, 4.69) is 92.1 Å². The molecule has 70 heavy (non-hydrogen) atoms. The van der Waals surface area contributed by atoms with Gasteiger partial charge in [-0.05, 0) is 70.6 Å². The molecule has 0 heterocycles. The third-order valence-electron chi connectivity index (χ3n) is 12.3. The molecule has 0 aromatic carbocycles. The van der Waals surface area contributed by atoms with Crippen LogP contribution >= 0.6 is 7.82 Å². The predicted octanol–water partition coefficient (Wildman–Crippen LogP) is 16.8. The van der Waals surface area contributed by atoms with Crippen LogP contribution in [0.4, 0.5) is 0 Å². The standard InChI is InChI=1S/C61H109N2O6P/c1-6-8-10-12-14-16-18-20-22-24-26-27-28-29-30-31-32-33-34-35-37-38-40-42-44-46-48-50-52-54-60(64)59(58-69-70(66,67)68-57-56-63(3,4)5)62-61(65)55-53-51-49-47-45-43-41-39-36-25-23-21-19-17-15-13-11-9-7-2/h9,11,15,17,21,23,36,39,43-46,49,51-52,54,59-60,64H,6-8,10,12-14,16,18-20,22,24-35,37-38,40-42,47-48,50,53,55-58H2,1-5H3,(H-,62,65,66,67)/b11-9-,17-15-,23-21-,39-36-,45-43-,46-44+,51-49-,54-52+. The highest BCUT2D eigenvalue weighted by Crippen LogP contribution is 2.38. The highest BCUT2D eigenvalue weighted by molar-refractivity contribution is 7.45. The number of nitrogens with zero attached hydrogens (tertiary/aromatic N) is 1. The van der Waals surface area contributed by atoms with Crippen LogP contribution in [-0.4, -0.2) is 68.5 Å². The molecule has 0 radical (unpaired) electrons. The Balaban J connectivity index is 4.33. The lowest BCUT2D eigenvalue weighted by Gasteiger charge is -2.29. The molecule has 0 saturated carbocycles. The minimum absolute atomic E-state index is 0.0249. The largest absolute Gasteiger partial charge is 0.756 e. The molecule has 0 aliphatic carbocycles. The van der Waals surface area contributed by atoms with Crippen molar-refractivity contribution in [2.75, 3.05) is 40.9 Å². The van der Waals surface area contributed by atoms with Gasteiger partial charge in [0.05, 0.1) is 39.9 Å². The lowest BCUT2D eigenvalue weighted by atomic mass is 10.0. The van der Waals surface area contributed by atoms with E-state index in [0.29, 0.717) is 17.4 Å². The molecule has 2 N–H and O–H groups in total. The van der Waals surface area contributed by atoms with E-state index in [4.69, 9.17) is 9.05 Å². The molecule has 0 saturated heterocycles. The zero-order chi connectivity index (χ0) is 51.3. The first kappa shape index (κ1) is 67.4. The number of nitrogens with one attached hydrogen (secondary N) is 1. The fourth-order valence-corrected chi connectivity index (χ4v) is 8.56. The molecule has 3 unspecified atom stereocenters. The van der Waals surface area contributed by atoms with Gasteiger partial charge in [-0.2, -0.15) is 0 Å². The van der Waals surface area contributed by atoms with Crippen molar-refractivity contribution in [3.63, 3.8) is 0 Å². The minimum Gasteiger partial charge on any atom is -0.756 e. The molecule has 0 aromatic rings. The summed E-state index contributed by atoms with van der Waals surface area (Å²) in [4.78, 5) is 25.4. The Morgan fingerprint density at radius 1 is 0.514 bits per heavy atom. The second-order valence-corrected chi connectivity index (χ2v) is 21.7. The third kappa shape index (κ3) is 53.2. The summed E-state index contributed by atoms with van der Waals surface area (Å²) in [6.07, 6.45) is 73.8. The van der Waals surface area contributed by atoms with Crippen molar-refractivity contribution in [1.82, 2.24) is 5.32 Å². The van der Waals surface area contributed by atoms with Crippen molar-refractivity contribution in [3.05, 3.63) is 97.2 Å². The maximum atomic E-state index is 12.9. The van der Waals surface area contributed by atoms with Crippen LogP contribution in [0.25, 0.3) is 0 Å². The molecule has 8 nitrogen and oxygen atoms in total. The quantitative estimate of drug-likeness (QED) is 0.0272. The molecule has 0 aliphatic heterocycles. The monoisotopic (exact) mass is 997 g/mol. The molecule has 3 atom stereocenters. The van der Waals surface area contributed by atoms with Gasteiger partial charge in [-0.25, -0.2) is 0 Å². The number of amides is 1. The summed E-state index contributed by atoms with van der Waals surface area (Å²) >= 11 is 0. The molecule has 9 heteroatoms. The van der Waals surface area contributed by atoms with Crippen LogP contribution in [0.3, 0.4) is 0 Å². The third-order valence-corrected chi connectivity index (χ3v) is 13.3. The second-order valence-electron chi connectivity index (χ2n) is 20.3. The number of aliphatic hydroxyl groups is 1. The fraction of sp³-hybridized carbons (Fsp3) is 0.721. The van der Waals surface area contributed by atoms with E-state index in [9.17, 15) is 19.4 Å². The maximum Gasteiger partial charge on any atom is 0.268 e. The summed E-state index contributed by atoms with van der Waals surface area (Å²) in [6, 6.07) is -0.951. The number of unbranched alkanes of at least 4 members (excludes halogenated alkanes) is 24. The average Bonchev–Trinajstić information content (AvgIpc) is 3.32. The normalized spacial score (nSPS) is 14.7. The van der Waals surface area contributed by atoms with Gasteiger partial charge < -0.3 is 28.8 Å². The number of allylic oxidation sites excluding steroid dienone is 15. The Labute approximate surface area is 432 Å². The summed E-state index contributed by atoms with van der Waals surface area (Å²) in [6.45, 7) is 4.46. The number of carbonyl (C=O) groups is 1. The van der Waals surface area contributed by atoms with Gasteiger partial charge in [-0.1, -0.05) is 252 Å². The number of aliphatic hydroxyl groups excluding tert-OH is 1. The van der Waals surface area contributed by atoms with Crippen LogP contribution in [0.5, 0.6) is 0 Å². The van der Waals surface area contributed by atoms with Crippen LogP contribution < -0.4 is 10.2 Å². The zero-order valence-electron chi connectivity index (χ0n) is 45.9. The highest BCUT2D eigenvalue weighted by atomic mass is 31.2. The van der Waals surface area contributed by atoms with Gasteiger partial charge in [-0.3, -0.25) is 9.36 Å². The SMILES string of the molecule is CC/C=C\C/C=C\C/C=C\C/C=C\C/C=C\C/C=C\CCC(=O)NC(COP(=O)([O-])OCC[N+](C)(C)C)C(O)/C=C/CC/C=C/CCCCCCCCCCCCCCCCCCCCCCCCC. The van der Waals surface area contributed by atoms with Crippen LogP contribution in [0, 0.1) is 0 Å². The van der Waals surface area contributed by atoms with Crippen molar-refractivity contribution in [3.8, 4) is 0 Å². The van der Waals surface area contributed by atoms with Gasteiger partial charge in [0.15, 0.2) is 0 Å². The Morgan fingerprint density at radius 2 is 0.886 bits per heavy atom. The molecule has 0 aromatic heterocycles. The first-order chi connectivity index (χ1) is 34.0. The Kier molecular flexibility index (Phi) is 49.4. The van der Waals surface area contributed by atoms with Gasteiger partial charge in [0.1, 0.15) is 13.2 Å². The van der Waals surface area contributed by atoms with Crippen LogP contribution in [0.2, 0.25) is 0 Å². The first-order valence-corrected chi connectivity index (χ1v) is 30.1. The van der Waals surface area contributed by atoms with Crippen molar-refractivity contribution in [2.45, 2.75) is 244 Å². The van der Waals surface area contributed by atoms with Gasteiger partial charge in [0, 0.05) is 6.42 Å². The summed E-state index contributed by atoms with van der Waals surface area (Å²) < 4.78 is 23.3. The van der Waals surface area contributed by atoms with Crippen LogP contribution in [0.1, 0.15) is 232 Å². The maximum absolute atomic E-state index is 12.9. The van der Waals surface area contributed by atoms with Gasteiger partial charge >= 0.3 is 0 Å². The molecule has 0 fully saturated rings. The molecule has 0 spiro atoms. The average molecular weight is 998 g/mol. The molecular weight excluding hydrogens is 888 g/mol. The number of carbonyl (C=O) groups excluding carboxylic acids is 1. The fourth-order valence-electron chi connectivity index (χ4n) is 7.84. The molecule has 0 bridgehead atoms. The van der Waals surface area contributed by atoms with E-state index >= 15 is 0 Å². The van der Waals surface area contributed by atoms with E-state index in [1.807, 2.05) is 39.4 Å². The summed E-state index contributed by atoms with van der Waals surface area (Å²) in [5.41, 5.74) is 0. The molecule has 1 amide bonds. The summed E-state index contributed by atoms with van der Waals surface area (Å²) in [5.74, 6) is -0.291. The van der Waals surface area contributed by atoms with E-state index in [-0.39, 0.29) is 18.9 Å². The Hall–Kier alpha value is -2.58. The Morgan fingerprint density at radius 3 is 1.31 bits per heavy atom. The first-order valence-electron chi connectivity index (χ1n) is 28.6. The van der Waals surface area contributed by atoms with Crippen molar-refractivity contribution in [1.29, 1.82) is 0 Å². The second kappa shape index (κ2) is 51.3. The molecule has 404 valence electrons. The van der Waals surface area contributed by atoms with Crippen molar-refractivity contribution < 1.29 is 32.9 Å². The predicted molar refractivity (Wildman–Crippen MR) is 302 cm³/mol.